The Bertz CT molecular complexity index is 416. The Morgan fingerprint density at radius 2 is 2.25 bits per heavy atom. The molecule has 6 heteroatoms. The van der Waals surface area contributed by atoms with Gasteiger partial charge in [-0.2, -0.15) is 5.10 Å². The van der Waals surface area contributed by atoms with Crippen molar-refractivity contribution in [3.63, 3.8) is 0 Å². The van der Waals surface area contributed by atoms with Gasteiger partial charge in [-0.05, 0) is 12.8 Å². The molecule has 20 heavy (non-hydrogen) atoms. The molecule has 0 fully saturated rings. The molecule has 0 aromatic carbocycles. The average Bonchev–Trinajstić information content (AvgIpc) is 2.75. The van der Waals surface area contributed by atoms with Crippen LogP contribution in [0, 0.1) is 5.92 Å². The molecule has 1 aromatic heterocycles. The summed E-state index contributed by atoms with van der Waals surface area (Å²) >= 11 is 0. The maximum Gasteiger partial charge on any atom is 0.341 e. The third-order valence-electron chi connectivity index (χ3n) is 2.72. The summed E-state index contributed by atoms with van der Waals surface area (Å²) < 4.78 is 12.2. The number of esters is 1. The minimum absolute atomic E-state index is 0.326. The van der Waals surface area contributed by atoms with Crippen molar-refractivity contribution in [3.05, 3.63) is 17.5 Å². The van der Waals surface area contributed by atoms with Crippen LogP contribution < -0.4 is 5.32 Å². The van der Waals surface area contributed by atoms with Gasteiger partial charge in [0.15, 0.2) is 0 Å². The second-order valence-corrected chi connectivity index (χ2v) is 4.99. The van der Waals surface area contributed by atoms with Crippen LogP contribution in [0.3, 0.4) is 0 Å². The number of aromatic nitrogens is 2. The van der Waals surface area contributed by atoms with E-state index in [4.69, 9.17) is 9.47 Å². The zero-order valence-electron chi connectivity index (χ0n) is 12.8. The molecule has 0 atom stereocenters. The van der Waals surface area contributed by atoms with Crippen molar-refractivity contribution in [2.24, 2.45) is 13.0 Å². The topological polar surface area (TPSA) is 65.4 Å². The Hall–Kier alpha value is -1.40. The highest BCUT2D eigenvalue weighted by atomic mass is 16.5. The molecule has 0 saturated heterocycles. The van der Waals surface area contributed by atoms with Gasteiger partial charge >= 0.3 is 5.97 Å². The number of carbonyl (C=O) groups is 1. The standard InChI is InChI=1S/C14H25N3O3/c1-5-20-14(18)12-8-16-17(4)13(12)9-15-6-7-19-10-11(2)3/h8,11,15H,5-7,9-10H2,1-4H3. The first-order chi connectivity index (χ1) is 9.56. The highest BCUT2D eigenvalue weighted by Crippen LogP contribution is 2.09. The van der Waals surface area contributed by atoms with Crippen LogP contribution >= 0.6 is 0 Å². The first-order valence-corrected chi connectivity index (χ1v) is 7.02. The monoisotopic (exact) mass is 283 g/mol. The summed E-state index contributed by atoms with van der Waals surface area (Å²) in [7, 11) is 1.81. The zero-order valence-corrected chi connectivity index (χ0v) is 12.8. The predicted octanol–water partition coefficient (Wildman–Crippen LogP) is 1.36. The molecule has 1 heterocycles. The lowest BCUT2D eigenvalue weighted by Crippen LogP contribution is -2.23. The lowest BCUT2D eigenvalue weighted by atomic mass is 10.2. The number of aryl methyl sites for hydroxylation is 1. The fourth-order valence-electron chi connectivity index (χ4n) is 1.72. The van der Waals surface area contributed by atoms with E-state index in [1.54, 1.807) is 17.8 Å². The van der Waals surface area contributed by atoms with Crippen LogP contribution in [-0.4, -0.2) is 42.1 Å². The van der Waals surface area contributed by atoms with Crippen molar-refractivity contribution in [3.8, 4) is 0 Å². The lowest BCUT2D eigenvalue weighted by molar-refractivity contribution is 0.0524. The Labute approximate surface area is 120 Å². The summed E-state index contributed by atoms with van der Waals surface area (Å²) in [4.78, 5) is 11.8. The second kappa shape index (κ2) is 8.71. The SMILES string of the molecule is CCOC(=O)c1cnn(C)c1CNCCOCC(C)C. The fourth-order valence-corrected chi connectivity index (χ4v) is 1.72. The van der Waals surface area contributed by atoms with Crippen molar-refractivity contribution in [1.82, 2.24) is 15.1 Å². The summed E-state index contributed by atoms with van der Waals surface area (Å²) in [6.45, 7) is 9.12. The quantitative estimate of drug-likeness (QED) is 0.547. The van der Waals surface area contributed by atoms with Crippen LogP contribution in [-0.2, 0) is 23.1 Å². The molecule has 0 aliphatic carbocycles. The highest BCUT2D eigenvalue weighted by molar-refractivity contribution is 5.90. The summed E-state index contributed by atoms with van der Waals surface area (Å²) in [5, 5.41) is 7.35. The Morgan fingerprint density at radius 3 is 2.90 bits per heavy atom. The summed E-state index contributed by atoms with van der Waals surface area (Å²) in [6, 6.07) is 0. The maximum absolute atomic E-state index is 11.8. The van der Waals surface area contributed by atoms with E-state index in [0.29, 0.717) is 31.2 Å². The molecule has 0 spiro atoms. The number of nitrogens with zero attached hydrogens (tertiary/aromatic N) is 2. The summed E-state index contributed by atoms with van der Waals surface area (Å²) in [6.07, 6.45) is 1.55. The third-order valence-corrected chi connectivity index (χ3v) is 2.72. The summed E-state index contributed by atoms with van der Waals surface area (Å²) in [5.41, 5.74) is 1.34. The molecule has 0 unspecified atom stereocenters. The molecule has 0 aliphatic heterocycles. The molecular formula is C14H25N3O3. The molecule has 1 rings (SSSR count). The molecule has 0 aliphatic rings. The highest BCUT2D eigenvalue weighted by Gasteiger charge is 2.16. The largest absolute Gasteiger partial charge is 0.462 e. The van der Waals surface area contributed by atoms with Gasteiger partial charge in [-0.15, -0.1) is 0 Å². The number of rotatable bonds is 9. The van der Waals surface area contributed by atoms with E-state index in [2.05, 4.69) is 24.3 Å². The Morgan fingerprint density at radius 1 is 1.50 bits per heavy atom. The van der Waals surface area contributed by atoms with Crippen LogP contribution in [0.1, 0.15) is 36.8 Å². The molecule has 0 bridgehead atoms. The van der Waals surface area contributed by atoms with Gasteiger partial charge in [0.1, 0.15) is 5.56 Å². The van der Waals surface area contributed by atoms with Crippen molar-refractivity contribution in [2.45, 2.75) is 27.3 Å². The molecule has 6 nitrogen and oxygen atoms in total. The van der Waals surface area contributed by atoms with Crippen molar-refractivity contribution < 1.29 is 14.3 Å². The predicted molar refractivity (Wildman–Crippen MR) is 76.5 cm³/mol. The van der Waals surface area contributed by atoms with Crippen LogP contribution in [0.25, 0.3) is 0 Å². The van der Waals surface area contributed by atoms with E-state index in [0.717, 1.165) is 18.8 Å². The summed E-state index contributed by atoms with van der Waals surface area (Å²) in [5.74, 6) is 0.218. The van der Waals surface area contributed by atoms with E-state index >= 15 is 0 Å². The second-order valence-electron chi connectivity index (χ2n) is 4.99. The van der Waals surface area contributed by atoms with Crippen LogP contribution in [0.2, 0.25) is 0 Å². The van der Waals surface area contributed by atoms with E-state index < -0.39 is 0 Å². The van der Waals surface area contributed by atoms with Crippen LogP contribution in [0.15, 0.2) is 6.20 Å². The lowest BCUT2D eigenvalue weighted by Gasteiger charge is -2.09. The van der Waals surface area contributed by atoms with Crippen LogP contribution in [0.4, 0.5) is 0 Å². The molecule has 0 amide bonds. The maximum atomic E-state index is 11.8. The number of carbonyl (C=O) groups excluding carboxylic acids is 1. The normalized spacial score (nSPS) is 11.1. The van der Waals surface area contributed by atoms with E-state index in [1.165, 1.54) is 0 Å². The number of ether oxygens (including phenoxy) is 2. The first kappa shape index (κ1) is 16.7. The van der Waals surface area contributed by atoms with Gasteiger partial charge in [-0.25, -0.2) is 4.79 Å². The van der Waals surface area contributed by atoms with Gasteiger partial charge in [0.2, 0.25) is 0 Å². The molecule has 0 radical (unpaired) electrons. The van der Waals surface area contributed by atoms with Gasteiger partial charge in [0.05, 0.1) is 25.1 Å². The minimum atomic E-state index is -0.326. The Kier molecular flexibility index (Phi) is 7.25. The minimum Gasteiger partial charge on any atom is -0.462 e. The first-order valence-electron chi connectivity index (χ1n) is 7.02. The average molecular weight is 283 g/mol. The molecule has 1 N–H and O–H groups in total. The van der Waals surface area contributed by atoms with Crippen LogP contribution in [0.5, 0.6) is 0 Å². The van der Waals surface area contributed by atoms with Gasteiger partial charge in [-0.1, -0.05) is 13.8 Å². The van der Waals surface area contributed by atoms with E-state index in [1.807, 2.05) is 7.05 Å². The third kappa shape index (κ3) is 5.30. The molecule has 0 saturated carbocycles. The Balaban J connectivity index is 2.39. The molecular weight excluding hydrogens is 258 g/mol. The van der Waals surface area contributed by atoms with Gasteiger partial charge in [0, 0.05) is 26.7 Å². The van der Waals surface area contributed by atoms with Gasteiger partial charge in [-0.3, -0.25) is 4.68 Å². The van der Waals surface area contributed by atoms with Crippen molar-refractivity contribution in [1.29, 1.82) is 0 Å². The molecule has 114 valence electrons. The number of hydrogen-bond acceptors (Lipinski definition) is 5. The molecule has 1 aromatic rings. The number of hydrogen-bond donors (Lipinski definition) is 1. The van der Waals surface area contributed by atoms with Crippen molar-refractivity contribution >= 4 is 5.97 Å². The fraction of sp³-hybridized carbons (Fsp3) is 0.714. The van der Waals surface area contributed by atoms with Gasteiger partial charge < -0.3 is 14.8 Å². The smallest absolute Gasteiger partial charge is 0.341 e. The van der Waals surface area contributed by atoms with Crippen molar-refractivity contribution in [2.75, 3.05) is 26.4 Å². The zero-order chi connectivity index (χ0) is 15.0. The van der Waals surface area contributed by atoms with Gasteiger partial charge in [0.25, 0.3) is 0 Å². The number of nitrogens with one attached hydrogen (secondary N) is 1. The van der Waals surface area contributed by atoms with E-state index in [9.17, 15) is 4.79 Å². The van der Waals surface area contributed by atoms with E-state index in [-0.39, 0.29) is 5.97 Å².